The molecule has 4 atom stereocenters. The quantitative estimate of drug-likeness (QED) is 0.193. The third-order valence-electron chi connectivity index (χ3n) is 10.3. The number of likely N-dealkylation sites (tertiary alicyclic amines) is 1. The van der Waals surface area contributed by atoms with Gasteiger partial charge in [-0.05, 0) is 76.0 Å². The van der Waals surface area contributed by atoms with E-state index in [9.17, 15) is 32.4 Å². The zero-order chi connectivity index (χ0) is 42.7. The lowest BCUT2D eigenvalue weighted by Gasteiger charge is -2.28. The minimum absolute atomic E-state index is 0. The van der Waals surface area contributed by atoms with Crippen LogP contribution >= 0.6 is 0 Å². The van der Waals surface area contributed by atoms with E-state index in [1.807, 2.05) is 36.9 Å². The third-order valence-corrected chi connectivity index (χ3v) is 12.5. The molecule has 2 aliphatic heterocycles. The highest BCUT2D eigenvalue weighted by atomic mass is 32.2. The topological polar surface area (TPSA) is 225 Å². The first-order valence-corrected chi connectivity index (χ1v) is 20.9. The van der Waals surface area contributed by atoms with Gasteiger partial charge in [-0.3, -0.25) is 28.7 Å². The average Bonchev–Trinajstić information content (AvgIpc) is 3.77. The largest absolute Gasteiger partial charge is 0.489 e. The summed E-state index contributed by atoms with van der Waals surface area (Å²) in [6, 6.07) is 5.27. The Kier molecular flexibility index (Phi) is 16.7. The first kappa shape index (κ1) is 46.5. The molecule has 5 rings (SSSR count). The second-order valence-electron chi connectivity index (χ2n) is 15.5. The lowest BCUT2D eigenvalue weighted by molar-refractivity contribution is -0.142. The molecular formula is C40H67N7O9S. The summed E-state index contributed by atoms with van der Waals surface area (Å²) in [7, 11) is 1.58. The Morgan fingerprint density at radius 2 is 1.81 bits per heavy atom. The molecular weight excluding hydrogens is 755 g/mol. The number of fused-ring (bicyclic) bond motifs is 3. The number of allylic oxidation sites excluding steroid dienone is 2. The smallest absolute Gasteiger partial charge is 0.311 e. The SMILES string of the molecule is C/C=C\CC[C@@H](C)C[C@@H](C)CC(=O)N1C[C@H](Oc2nccc3c4c(ccc23)N(C)CCO4)C[C@H]1C(N)=O.CCC(=O)NS(=O)(=O)C1(C)CC1.CN(C)C(=O)C(N)=O.[HH].[HH].[HH]. The maximum atomic E-state index is 13.2. The Balaban J connectivity index is 0.00000125. The first-order chi connectivity index (χ1) is 26.7. The molecule has 5 N–H and O–H groups in total. The van der Waals surface area contributed by atoms with E-state index in [-0.39, 0.29) is 28.6 Å². The molecule has 2 fully saturated rings. The van der Waals surface area contributed by atoms with Crippen molar-refractivity contribution >= 4 is 56.0 Å². The Hall–Kier alpha value is -4.93. The number of hydrogen-bond donors (Lipinski definition) is 3. The fraction of sp³-hybridized carbons (Fsp3) is 0.600. The molecule has 0 bridgehead atoms. The molecule has 0 radical (unpaired) electrons. The maximum absolute atomic E-state index is 13.2. The number of primary amides is 2. The first-order valence-electron chi connectivity index (χ1n) is 19.4. The number of nitrogens with zero attached hydrogens (tertiary/aromatic N) is 4. The lowest BCUT2D eigenvalue weighted by atomic mass is 9.91. The van der Waals surface area contributed by atoms with Crippen LogP contribution in [0.25, 0.3) is 10.8 Å². The summed E-state index contributed by atoms with van der Waals surface area (Å²) in [6.45, 7) is 11.4. The number of sulfonamides is 1. The van der Waals surface area contributed by atoms with Crippen molar-refractivity contribution in [1.82, 2.24) is 19.5 Å². The Bertz CT molecular complexity index is 1920. The monoisotopic (exact) mass is 821 g/mol. The van der Waals surface area contributed by atoms with Crippen LogP contribution in [0.4, 0.5) is 5.69 Å². The van der Waals surface area contributed by atoms with Crippen molar-refractivity contribution in [2.24, 2.45) is 23.3 Å². The molecule has 17 heteroatoms. The Labute approximate surface area is 341 Å². The van der Waals surface area contributed by atoms with Gasteiger partial charge in [0, 0.05) is 61.7 Å². The Morgan fingerprint density at radius 1 is 1.12 bits per heavy atom. The van der Waals surface area contributed by atoms with Gasteiger partial charge in [0.15, 0.2) is 5.75 Å². The second-order valence-corrected chi connectivity index (χ2v) is 17.7. The molecule has 3 aliphatic rings. The van der Waals surface area contributed by atoms with Crippen molar-refractivity contribution in [3.63, 3.8) is 0 Å². The standard InChI is InChI=1S/C29H40N4O4.C7H13NO3S.C4H8N2O2.3H2/c1-5-6-7-8-19(2)15-20(3)16-26(34)33-18-21(17-25(33)28(30)35)37-29-23-9-10-24-27(22(23)11-12-31-29)36-14-13-32(24)4;1-3-6(9)8-12(10,11)7(2)4-5-7;1-6(2)4(8)3(5)7;;;/h5-6,9-12,19-21,25H,7-8,13-18H2,1-4H3,(H2,30,35);3-5H2,1-2H3,(H,8,9);1-2H3,(H2,5,7);3*1H/b6-5-;;;;;/t19-,20-,21-,25+;;;;;/m1...../s1. The normalized spacial score (nSPS) is 19.1. The molecule has 5 amide bonds. The molecule has 16 nitrogen and oxygen atoms in total. The van der Waals surface area contributed by atoms with Gasteiger partial charge >= 0.3 is 11.8 Å². The number of benzene rings is 1. The zero-order valence-electron chi connectivity index (χ0n) is 34.6. The van der Waals surface area contributed by atoms with Crippen LogP contribution in [0.3, 0.4) is 0 Å². The number of likely N-dealkylation sites (N-methyl/N-ethyl adjacent to an activating group) is 2. The molecule has 1 aromatic heterocycles. The van der Waals surface area contributed by atoms with E-state index < -0.39 is 44.4 Å². The Morgan fingerprint density at radius 3 is 2.37 bits per heavy atom. The second kappa shape index (κ2) is 20.5. The van der Waals surface area contributed by atoms with E-state index in [2.05, 4.69) is 41.6 Å². The number of pyridine rings is 1. The van der Waals surface area contributed by atoms with Crippen molar-refractivity contribution in [2.75, 3.05) is 45.7 Å². The predicted octanol–water partition coefficient (Wildman–Crippen LogP) is 4.00. The summed E-state index contributed by atoms with van der Waals surface area (Å²) >= 11 is 0. The van der Waals surface area contributed by atoms with Crippen LogP contribution in [0.15, 0.2) is 36.5 Å². The van der Waals surface area contributed by atoms with E-state index >= 15 is 0 Å². The summed E-state index contributed by atoms with van der Waals surface area (Å²) in [4.78, 5) is 65.9. The summed E-state index contributed by atoms with van der Waals surface area (Å²) in [5, 5.41) is 1.78. The van der Waals surface area contributed by atoms with E-state index in [1.54, 1.807) is 24.9 Å². The minimum atomic E-state index is -3.40. The molecule has 2 aromatic rings. The molecule has 1 aromatic carbocycles. The van der Waals surface area contributed by atoms with Gasteiger partial charge in [0.05, 0.1) is 23.5 Å². The highest BCUT2D eigenvalue weighted by Gasteiger charge is 2.50. The number of carbonyl (C=O) groups excluding carboxylic acids is 5. The number of anilines is 1. The van der Waals surface area contributed by atoms with Crippen LogP contribution in [0.1, 0.15) is 90.3 Å². The van der Waals surface area contributed by atoms with Gasteiger partial charge in [-0.1, -0.05) is 32.9 Å². The molecule has 0 spiro atoms. The van der Waals surface area contributed by atoms with Gasteiger partial charge in [-0.15, -0.1) is 0 Å². The fourth-order valence-corrected chi connectivity index (χ4v) is 7.92. The molecule has 1 saturated heterocycles. The van der Waals surface area contributed by atoms with Gasteiger partial charge in [0.2, 0.25) is 33.6 Å². The van der Waals surface area contributed by atoms with E-state index in [1.165, 1.54) is 14.1 Å². The van der Waals surface area contributed by atoms with Crippen molar-refractivity contribution < 1.29 is 46.1 Å². The van der Waals surface area contributed by atoms with Crippen LogP contribution in [0.2, 0.25) is 0 Å². The number of hydrogen-bond acceptors (Lipinski definition) is 11. The molecule has 3 heterocycles. The van der Waals surface area contributed by atoms with Crippen LogP contribution in [-0.4, -0.2) is 110 Å². The number of rotatable bonds is 13. The van der Waals surface area contributed by atoms with Crippen LogP contribution in [-0.2, 0) is 34.0 Å². The zero-order valence-corrected chi connectivity index (χ0v) is 35.4. The van der Waals surface area contributed by atoms with Crippen molar-refractivity contribution in [2.45, 2.75) is 103 Å². The molecule has 0 unspecified atom stereocenters. The molecule has 1 aliphatic carbocycles. The van der Waals surface area contributed by atoms with E-state index in [4.69, 9.17) is 15.2 Å². The van der Waals surface area contributed by atoms with Crippen LogP contribution < -0.4 is 30.6 Å². The highest BCUT2D eigenvalue weighted by molar-refractivity contribution is 7.91. The predicted molar refractivity (Wildman–Crippen MR) is 225 cm³/mol. The summed E-state index contributed by atoms with van der Waals surface area (Å²) in [5.74, 6) is -0.502. The lowest BCUT2D eigenvalue weighted by Crippen LogP contribution is -2.44. The van der Waals surface area contributed by atoms with Crippen LogP contribution in [0, 0.1) is 11.8 Å². The van der Waals surface area contributed by atoms with Gasteiger partial charge in [0.1, 0.15) is 18.8 Å². The molecule has 1 saturated carbocycles. The number of amides is 5. The highest BCUT2D eigenvalue weighted by Crippen LogP contribution is 2.42. The van der Waals surface area contributed by atoms with Crippen molar-refractivity contribution in [3.8, 4) is 11.6 Å². The van der Waals surface area contributed by atoms with Crippen molar-refractivity contribution in [1.29, 1.82) is 0 Å². The number of nitrogens with two attached hydrogens (primary N) is 2. The van der Waals surface area contributed by atoms with Gasteiger partial charge in [-0.2, -0.15) is 0 Å². The summed E-state index contributed by atoms with van der Waals surface area (Å²) in [6.07, 6.45) is 11.0. The molecule has 322 valence electrons. The van der Waals surface area contributed by atoms with E-state index in [0.717, 1.165) is 52.9 Å². The number of nitrogens with one attached hydrogen (secondary N) is 1. The summed E-state index contributed by atoms with van der Waals surface area (Å²) < 4.78 is 36.3. The summed E-state index contributed by atoms with van der Waals surface area (Å²) in [5.41, 5.74) is 11.4. The number of carbonyl (C=O) groups is 5. The average molecular weight is 822 g/mol. The maximum Gasteiger partial charge on any atom is 0.311 e. The molecule has 57 heavy (non-hydrogen) atoms. The fourth-order valence-electron chi connectivity index (χ4n) is 6.59. The van der Waals surface area contributed by atoms with E-state index in [0.29, 0.717) is 50.6 Å². The van der Waals surface area contributed by atoms with Crippen molar-refractivity contribution in [3.05, 3.63) is 36.5 Å². The van der Waals surface area contributed by atoms with Gasteiger partial charge in [-0.25, -0.2) is 13.4 Å². The third kappa shape index (κ3) is 12.8. The number of ether oxygens (including phenoxy) is 2. The van der Waals surface area contributed by atoms with Crippen LogP contribution in [0.5, 0.6) is 11.6 Å². The minimum Gasteiger partial charge on any atom is -0.489 e. The van der Waals surface area contributed by atoms with Gasteiger partial charge < -0.3 is 35.6 Å². The van der Waals surface area contributed by atoms with Gasteiger partial charge in [0.25, 0.3) is 0 Å². The number of aromatic nitrogens is 1.